The highest BCUT2D eigenvalue weighted by atomic mass is 32.2. The van der Waals surface area contributed by atoms with Crippen LogP contribution in [-0.2, 0) is 0 Å². The van der Waals surface area contributed by atoms with Crippen molar-refractivity contribution in [2.45, 2.75) is 9.92 Å². The van der Waals surface area contributed by atoms with Gasteiger partial charge in [-0.25, -0.2) is 14.8 Å². The van der Waals surface area contributed by atoms with Crippen LogP contribution in [-0.4, -0.2) is 26.0 Å². The van der Waals surface area contributed by atoms with Crippen molar-refractivity contribution in [1.82, 2.24) is 15.0 Å². The Labute approximate surface area is 118 Å². The average molecular weight is 283 g/mol. The van der Waals surface area contributed by atoms with E-state index in [1.165, 1.54) is 36.5 Å². The van der Waals surface area contributed by atoms with E-state index in [9.17, 15) is 9.90 Å². The molecule has 1 N–H and O–H groups in total. The van der Waals surface area contributed by atoms with Crippen LogP contribution in [0, 0.1) is 0 Å². The summed E-state index contributed by atoms with van der Waals surface area (Å²) in [6.07, 6.45) is 4.47. The normalized spacial score (nSPS) is 10.6. The van der Waals surface area contributed by atoms with E-state index in [0.717, 1.165) is 10.9 Å². The van der Waals surface area contributed by atoms with Crippen LogP contribution in [0.3, 0.4) is 0 Å². The second-order valence-electron chi connectivity index (χ2n) is 3.98. The topological polar surface area (TPSA) is 76.0 Å². The molecule has 0 saturated carbocycles. The second-order valence-corrected chi connectivity index (χ2v) is 5.01. The fraction of sp³-hybridized carbons (Fsp3) is 0. The number of hydrogen-bond acceptors (Lipinski definition) is 5. The van der Waals surface area contributed by atoms with Crippen LogP contribution in [0.5, 0.6) is 0 Å². The second kappa shape index (κ2) is 5.26. The number of pyridine rings is 1. The highest BCUT2D eigenvalue weighted by Crippen LogP contribution is 2.32. The Morgan fingerprint density at radius 1 is 1.15 bits per heavy atom. The third kappa shape index (κ3) is 2.33. The van der Waals surface area contributed by atoms with Crippen LogP contribution in [0.15, 0.2) is 59.0 Å². The fourth-order valence-corrected chi connectivity index (χ4v) is 2.77. The van der Waals surface area contributed by atoms with Gasteiger partial charge in [0.05, 0.1) is 11.1 Å². The predicted molar refractivity (Wildman–Crippen MR) is 74.9 cm³/mol. The molecule has 0 aliphatic carbocycles. The Morgan fingerprint density at radius 3 is 2.85 bits per heavy atom. The molecule has 0 bridgehead atoms. The van der Waals surface area contributed by atoms with E-state index < -0.39 is 5.97 Å². The van der Waals surface area contributed by atoms with Gasteiger partial charge in [0.25, 0.3) is 0 Å². The van der Waals surface area contributed by atoms with Crippen molar-refractivity contribution in [2.24, 2.45) is 0 Å². The lowest BCUT2D eigenvalue weighted by atomic mass is 10.2. The van der Waals surface area contributed by atoms with Gasteiger partial charge >= 0.3 is 5.97 Å². The lowest BCUT2D eigenvalue weighted by molar-refractivity contribution is 0.0693. The van der Waals surface area contributed by atoms with Crippen molar-refractivity contribution in [2.75, 3.05) is 0 Å². The first-order chi connectivity index (χ1) is 9.75. The summed E-state index contributed by atoms with van der Waals surface area (Å²) < 4.78 is 0. The quantitative estimate of drug-likeness (QED) is 0.745. The third-order valence-electron chi connectivity index (χ3n) is 2.73. The molecule has 5 nitrogen and oxygen atoms in total. The Bertz CT molecular complexity index is 787. The zero-order valence-corrected chi connectivity index (χ0v) is 11.0. The maximum Gasteiger partial charge on any atom is 0.336 e. The van der Waals surface area contributed by atoms with Gasteiger partial charge < -0.3 is 5.11 Å². The van der Waals surface area contributed by atoms with Crippen molar-refractivity contribution < 1.29 is 9.90 Å². The highest BCUT2D eigenvalue weighted by molar-refractivity contribution is 7.99. The molecule has 0 aliphatic heterocycles. The van der Waals surface area contributed by atoms with Crippen molar-refractivity contribution >= 4 is 28.6 Å². The Balaban J connectivity index is 2.08. The molecule has 2 heterocycles. The molecule has 0 radical (unpaired) electrons. The largest absolute Gasteiger partial charge is 0.478 e. The van der Waals surface area contributed by atoms with Crippen molar-refractivity contribution in [3.63, 3.8) is 0 Å². The number of rotatable bonds is 3. The van der Waals surface area contributed by atoms with Gasteiger partial charge in [-0.1, -0.05) is 30.0 Å². The molecule has 3 aromatic rings. The molecule has 0 saturated heterocycles. The maximum absolute atomic E-state index is 11.2. The third-order valence-corrected chi connectivity index (χ3v) is 3.79. The zero-order valence-electron chi connectivity index (χ0n) is 10.2. The van der Waals surface area contributed by atoms with Gasteiger partial charge in [-0.2, -0.15) is 0 Å². The lowest BCUT2D eigenvalue weighted by Gasteiger charge is -2.06. The number of fused-ring (bicyclic) bond motifs is 1. The molecule has 20 heavy (non-hydrogen) atoms. The first-order valence-corrected chi connectivity index (χ1v) is 6.62. The molecular formula is C14H9N3O2S. The van der Waals surface area contributed by atoms with E-state index in [1.54, 1.807) is 0 Å². The molecule has 0 spiro atoms. The molecule has 0 amide bonds. The predicted octanol–water partition coefficient (Wildman–Crippen LogP) is 2.87. The molecule has 0 fully saturated rings. The van der Waals surface area contributed by atoms with Crippen LogP contribution in [0.25, 0.3) is 10.9 Å². The molecule has 6 heteroatoms. The van der Waals surface area contributed by atoms with Gasteiger partial charge in [0.1, 0.15) is 11.4 Å². The SMILES string of the molecule is O=C(O)c1ccncc1Sc1ncnc2ccccc12. The Kier molecular flexibility index (Phi) is 3.30. The van der Waals surface area contributed by atoms with Crippen molar-refractivity contribution in [3.8, 4) is 0 Å². The number of carboxylic acid groups (broad SMARTS) is 1. The molecule has 1 aromatic carbocycles. The summed E-state index contributed by atoms with van der Waals surface area (Å²) in [5.41, 5.74) is 1.04. The first-order valence-electron chi connectivity index (χ1n) is 5.80. The average Bonchev–Trinajstić information content (AvgIpc) is 2.48. The number of para-hydroxylation sites is 1. The molecule has 2 aromatic heterocycles. The fourth-order valence-electron chi connectivity index (χ4n) is 1.80. The van der Waals surface area contributed by atoms with Crippen LogP contribution in [0.1, 0.15) is 10.4 Å². The number of hydrogen-bond donors (Lipinski definition) is 1. The van der Waals surface area contributed by atoms with E-state index in [1.807, 2.05) is 24.3 Å². The van der Waals surface area contributed by atoms with Crippen LogP contribution in [0.2, 0.25) is 0 Å². The standard InChI is InChI=1S/C14H9N3O2S/c18-14(19)10-5-6-15-7-12(10)20-13-9-3-1-2-4-11(9)16-8-17-13/h1-8H,(H,18,19). The lowest BCUT2D eigenvalue weighted by Crippen LogP contribution is -1.99. The maximum atomic E-state index is 11.2. The monoisotopic (exact) mass is 283 g/mol. The van der Waals surface area contributed by atoms with Gasteiger partial charge in [0.15, 0.2) is 0 Å². The number of aromatic carboxylic acids is 1. The summed E-state index contributed by atoms with van der Waals surface area (Å²) in [4.78, 5) is 24.2. The van der Waals surface area contributed by atoms with Crippen LogP contribution >= 0.6 is 11.8 Å². The molecule has 0 atom stereocenters. The molecule has 0 aliphatic rings. The smallest absolute Gasteiger partial charge is 0.336 e. The molecule has 0 unspecified atom stereocenters. The van der Waals surface area contributed by atoms with Gasteiger partial charge in [0, 0.05) is 22.7 Å². The Morgan fingerprint density at radius 2 is 2.00 bits per heavy atom. The van der Waals surface area contributed by atoms with Gasteiger partial charge in [-0.15, -0.1) is 0 Å². The summed E-state index contributed by atoms with van der Waals surface area (Å²) >= 11 is 1.28. The summed E-state index contributed by atoms with van der Waals surface area (Å²) in [5, 5.41) is 10.8. The first kappa shape index (κ1) is 12.6. The van der Waals surface area contributed by atoms with E-state index in [4.69, 9.17) is 0 Å². The summed E-state index contributed by atoms with van der Waals surface area (Å²) in [5.74, 6) is -0.978. The Hall–Kier alpha value is -2.47. The van der Waals surface area contributed by atoms with Crippen LogP contribution < -0.4 is 0 Å². The van der Waals surface area contributed by atoms with E-state index >= 15 is 0 Å². The van der Waals surface area contributed by atoms with Gasteiger partial charge in [-0.3, -0.25) is 4.98 Å². The highest BCUT2D eigenvalue weighted by Gasteiger charge is 2.13. The summed E-state index contributed by atoms with van der Waals surface area (Å²) in [6.45, 7) is 0. The van der Waals surface area contributed by atoms with Gasteiger partial charge in [-0.05, 0) is 12.1 Å². The van der Waals surface area contributed by atoms with Crippen LogP contribution in [0.4, 0.5) is 0 Å². The van der Waals surface area contributed by atoms with E-state index in [0.29, 0.717) is 9.92 Å². The van der Waals surface area contributed by atoms with Crippen molar-refractivity contribution in [3.05, 3.63) is 54.6 Å². The van der Waals surface area contributed by atoms with E-state index in [-0.39, 0.29) is 5.56 Å². The number of nitrogens with zero attached hydrogens (tertiary/aromatic N) is 3. The molecule has 3 rings (SSSR count). The zero-order chi connectivity index (χ0) is 13.9. The minimum atomic E-state index is -0.978. The van der Waals surface area contributed by atoms with Gasteiger partial charge in [0.2, 0.25) is 0 Å². The summed E-state index contributed by atoms with van der Waals surface area (Å²) in [7, 11) is 0. The number of carboxylic acids is 1. The summed E-state index contributed by atoms with van der Waals surface area (Å²) in [6, 6.07) is 9.08. The minimum absolute atomic E-state index is 0.215. The van der Waals surface area contributed by atoms with E-state index in [2.05, 4.69) is 15.0 Å². The number of benzene rings is 1. The number of aromatic nitrogens is 3. The minimum Gasteiger partial charge on any atom is -0.478 e. The number of carbonyl (C=O) groups is 1. The molecule has 98 valence electrons. The van der Waals surface area contributed by atoms with Crippen molar-refractivity contribution in [1.29, 1.82) is 0 Å². The molecular weight excluding hydrogens is 274 g/mol.